The van der Waals surface area contributed by atoms with Crippen molar-refractivity contribution in [1.82, 2.24) is 14.5 Å². The molecule has 1 amide bonds. The Kier molecular flexibility index (Phi) is 4.50. The van der Waals surface area contributed by atoms with Crippen molar-refractivity contribution in [3.8, 4) is 11.6 Å². The number of nitrogen functional groups attached to an aromatic ring is 1. The minimum atomic E-state index is -2.50. The van der Waals surface area contributed by atoms with Gasteiger partial charge < -0.3 is 19.9 Å². The van der Waals surface area contributed by atoms with Crippen LogP contribution in [0.25, 0.3) is 16.6 Å². The van der Waals surface area contributed by atoms with Crippen LogP contribution in [0, 0.1) is 0 Å². The highest BCUT2D eigenvalue weighted by molar-refractivity contribution is 6.11. The highest BCUT2D eigenvalue weighted by Crippen LogP contribution is 2.31. The second kappa shape index (κ2) is 7.35. The third-order valence-electron chi connectivity index (χ3n) is 5.26. The Labute approximate surface area is 175 Å². The summed E-state index contributed by atoms with van der Waals surface area (Å²) in [6, 6.07) is 13.7. The highest BCUT2D eigenvalue weighted by Gasteiger charge is 2.28. The summed E-state index contributed by atoms with van der Waals surface area (Å²) in [6.45, 7) is 0.598. The van der Waals surface area contributed by atoms with Crippen molar-refractivity contribution in [3.05, 3.63) is 72.2 Å². The summed E-state index contributed by atoms with van der Waals surface area (Å²) in [5.74, 6) is -0.0761. The van der Waals surface area contributed by atoms with Crippen LogP contribution in [0.2, 0.25) is 0 Å². The van der Waals surface area contributed by atoms with Gasteiger partial charge in [-0.15, -0.1) is 0 Å². The molecule has 0 atom stereocenters. The van der Waals surface area contributed by atoms with Crippen molar-refractivity contribution in [1.29, 1.82) is 0 Å². The minimum absolute atomic E-state index is 0.0204. The van der Waals surface area contributed by atoms with E-state index >= 15 is 0 Å². The average molecular weight is 421 g/mol. The summed E-state index contributed by atoms with van der Waals surface area (Å²) in [5.41, 5.74) is 8.37. The summed E-state index contributed by atoms with van der Waals surface area (Å²) in [4.78, 5) is 22.6. The lowest BCUT2D eigenvalue weighted by atomic mass is 10.1. The Morgan fingerprint density at radius 3 is 2.58 bits per heavy atom. The number of ether oxygens (including phenoxy) is 1. The number of nitrogens with zero attached hydrogens (tertiary/aromatic N) is 4. The lowest BCUT2D eigenvalue weighted by Gasteiger charge is -2.20. The molecule has 0 fully saturated rings. The summed E-state index contributed by atoms with van der Waals surface area (Å²) in [6.07, 6.45) is 0.623. The van der Waals surface area contributed by atoms with E-state index in [1.54, 1.807) is 17.0 Å². The number of hydrogen-bond donors (Lipinski definition) is 1. The first kappa shape index (κ1) is 19.0. The van der Waals surface area contributed by atoms with Gasteiger partial charge in [-0.05, 0) is 36.4 Å². The molecule has 9 heteroatoms. The van der Waals surface area contributed by atoms with Crippen LogP contribution in [0.1, 0.15) is 22.3 Å². The molecule has 1 aliphatic rings. The van der Waals surface area contributed by atoms with Gasteiger partial charge in [-0.25, -0.2) is 18.7 Å². The molecule has 2 aromatic carbocycles. The second-order valence-corrected chi connectivity index (χ2v) is 7.07. The van der Waals surface area contributed by atoms with E-state index in [1.807, 2.05) is 35.0 Å². The number of rotatable bonds is 3. The molecule has 156 valence electrons. The second-order valence-electron chi connectivity index (χ2n) is 7.07. The number of nitrogens with two attached hydrogens (primary N) is 1. The molecule has 1 aliphatic heterocycles. The maximum Gasteiger partial charge on any atom is 0.267 e. The van der Waals surface area contributed by atoms with E-state index in [-0.39, 0.29) is 35.3 Å². The summed E-state index contributed by atoms with van der Waals surface area (Å²) in [7, 11) is 0. The van der Waals surface area contributed by atoms with Gasteiger partial charge in [0.2, 0.25) is 5.88 Å². The first-order chi connectivity index (χ1) is 15.0. The molecule has 7 nitrogen and oxygen atoms in total. The van der Waals surface area contributed by atoms with Crippen molar-refractivity contribution in [3.63, 3.8) is 0 Å². The molecule has 4 aromatic rings. The Balaban J connectivity index is 1.51. The molecule has 0 radical (unpaired) electrons. The summed E-state index contributed by atoms with van der Waals surface area (Å²) >= 11 is 0. The van der Waals surface area contributed by atoms with E-state index in [4.69, 9.17) is 10.5 Å². The topological polar surface area (TPSA) is 86.3 Å². The normalized spacial score (nSPS) is 13.9. The van der Waals surface area contributed by atoms with Crippen LogP contribution in [0.3, 0.4) is 0 Å². The maximum absolute atomic E-state index is 13.1. The van der Waals surface area contributed by atoms with Crippen molar-refractivity contribution >= 4 is 28.3 Å². The van der Waals surface area contributed by atoms with E-state index in [1.165, 1.54) is 18.5 Å². The Morgan fingerprint density at radius 2 is 1.81 bits per heavy atom. The number of halogens is 2. The van der Waals surface area contributed by atoms with E-state index in [2.05, 4.69) is 9.97 Å². The number of carbonyl (C=O) groups excluding carboxylic acids is 1. The number of benzene rings is 2. The van der Waals surface area contributed by atoms with Crippen LogP contribution >= 0.6 is 0 Å². The van der Waals surface area contributed by atoms with Gasteiger partial charge in [-0.3, -0.25) is 4.79 Å². The Bertz CT molecular complexity index is 1290. The SMILES string of the molecule is Nc1ncnc2c1C(=O)N(c1ccc3c(ccn3-c3ccc(C(F)F)cc3)c1)CCO2. The van der Waals surface area contributed by atoms with Crippen molar-refractivity contribution in [2.24, 2.45) is 0 Å². The number of alkyl halides is 2. The number of hydrogen-bond acceptors (Lipinski definition) is 5. The van der Waals surface area contributed by atoms with Crippen LogP contribution in [0.4, 0.5) is 20.3 Å². The number of anilines is 2. The number of carbonyl (C=O) groups is 1. The van der Waals surface area contributed by atoms with Crippen LogP contribution < -0.4 is 15.4 Å². The predicted octanol–water partition coefficient (Wildman–Crippen LogP) is 3.98. The smallest absolute Gasteiger partial charge is 0.267 e. The predicted molar refractivity (Wildman–Crippen MR) is 112 cm³/mol. The van der Waals surface area contributed by atoms with Crippen LogP contribution in [0.15, 0.2) is 61.1 Å². The first-order valence-electron chi connectivity index (χ1n) is 9.57. The molecule has 0 bridgehead atoms. The van der Waals surface area contributed by atoms with Gasteiger partial charge in [-0.2, -0.15) is 0 Å². The third kappa shape index (κ3) is 3.24. The fourth-order valence-electron chi connectivity index (χ4n) is 3.71. The molecule has 5 rings (SSSR count). The number of amides is 1. The summed E-state index contributed by atoms with van der Waals surface area (Å²) < 4.78 is 33.1. The van der Waals surface area contributed by atoms with Gasteiger partial charge in [0.15, 0.2) is 0 Å². The van der Waals surface area contributed by atoms with Gasteiger partial charge in [-0.1, -0.05) is 12.1 Å². The highest BCUT2D eigenvalue weighted by atomic mass is 19.3. The standard InChI is InChI=1S/C22H17F2N5O2/c23-19(24)13-1-3-15(4-2-13)28-8-7-14-11-16(5-6-17(14)28)29-9-10-31-21-18(22(29)30)20(25)26-12-27-21/h1-8,11-12,19H,9-10H2,(H2,25,26,27). The minimum Gasteiger partial charge on any atom is -0.475 e. The number of fused-ring (bicyclic) bond motifs is 2. The lowest BCUT2D eigenvalue weighted by molar-refractivity contribution is 0.0990. The van der Waals surface area contributed by atoms with Gasteiger partial charge in [0.1, 0.15) is 24.3 Å². The van der Waals surface area contributed by atoms with Gasteiger partial charge in [0, 0.05) is 28.5 Å². The lowest BCUT2D eigenvalue weighted by Crippen LogP contribution is -2.32. The zero-order valence-electron chi connectivity index (χ0n) is 16.2. The largest absolute Gasteiger partial charge is 0.475 e. The molecule has 0 aliphatic carbocycles. The maximum atomic E-state index is 13.1. The molecule has 31 heavy (non-hydrogen) atoms. The van der Waals surface area contributed by atoms with E-state index in [0.29, 0.717) is 12.2 Å². The average Bonchev–Trinajstić information content (AvgIpc) is 3.11. The van der Waals surface area contributed by atoms with Gasteiger partial charge in [0.25, 0.3) is 12.3 Å². The molecule has 2 N–H and O–H groups in total. The van der Waals surface area contributed by atoms with Crippen LogP contribution in [-0.2, 0) is 0 Å². The summed E-state index contributed by atoms with van der Waals surface area (Å²) in [5, 5.41) is 0.894. The number of aromatic nitrogens is 3. The molecule has 0 saturated carbocycles. The molecule has 3 heterocycles. The van der Waals surface area contributed by atoms with E-state index in [0.717, 1.165) is 16.6 Å². The van der Waals surface area contributed by atoms with E-state index < -0.39 is 6.43 Å². The zero-order chi connectivity index (χ0) is 21.5. The fraction of sp³-hybridized carbons (Fsp3) is 0.136. The molecule has 0 saturated heterocycles. The van der Waals surface area contributed by atoms with Crippen molar-refractivity contribution in [2.45, 2.75) is 6.43 Å². The van der Waals surface area contributed by atoms with Crippen LogP contribution in [0.5, 0.6) is 5.88 Å². The van der Waals surface area contributed by atoms with E-state index in [9.17, 15) is 13.6 Å². The zero-order valence-corrected chi connectivity index (χ0v) is 16.2. The van der Waals surface area contributed by atoms with Gasteiger partial charge in [0.05, 0.1) is 12.1 Å². The van der Waals surface area contributed by atoms with Crippen molar-refractivity contribution in [2.75, 3.05) is 23.8 Å². The monoisotopic (exact) mass is 421 g/mol. The third-order valence-corrected chi connectivity index (χ3v) is 5.26. The molecule has 0 unspecified atom stereocenters. The fourth-order valence-corrected chi connectivity index (χ4v) is 3.71. The Hall–Kier alpha value is -4.01. The molecule has 0 spiro atoms. The molecular weight excluding hydrogens is 404 g/mol. The van der Waals surface area contributed by atoms with Gasteiger partial charge >= 0.3 is 0 Å². The molecule has 2 aromatic heterocycles. The van der Waals surface area contributed by atoms with Crippen molar-refractivity contribution < 1.29 is 18.3 Å². The first-order valence-corrected chi connectivity index (χ1v) is 9.57. The quantitative estimate of drug-likeness (QED) is 0.541. The Morgan fingerprint density at radius 1 is 1.03 bits per heavy atom. The molecular formula is C22H17F2N5O2. The van der Waals surface area contributed by atoms with Crippen LogP contribution in [-0.4, -0.2) is 33.6 Å².